The van der Waals surface area contributed by atoms with Crippen molar-refractivity contribution in [3.63, 3.8) is 0 Å². The Morgan fingerprint density at radius 1 is 1.00 bits per heavy atom. The molecule has 6 nitrogen and oxygen atoms in total. The summed E-state index contributed by atoms with van der Waals surface area (Å²) in [5, 5.41) is 4.78. The van der Waals surface area contributed by atoms with E-state index in [9.17, 15) is 0 Å². The maximum Gasteiger partial charge on any atom is 0.205 e. The minimum atomic E-state index is 0.497. The molecule has 1 N–H and O–H groups in total. The Bertz CT molecular complexity index is 902. The number of hydrogen-bond donors (Lipinski definition) is 1. The molecule has 0 aliphatic rings. The first-order chi connectivity index (χ1) is 12.2. The van der Waals surface area contributed by atoms with Crippen LogP contribution in [-0.2, 0) is 6.54 Å². The number of nitrogens with zero attached hydrogens (tertiary/aromatic N) is 2. The molecule has 0 aliphatic carbocycles. The van der Waals surface area contributed by atoms with E-state index in [0.717, 1.165) is 10.9 Å². The summed E-state index contributed by atoms with van der Waals surface area (Å²) in [6, 6.07) is 9.48. The van der Waals surface area contributed by atoms with E-state index in [-0.39, 0.29) is 0 Å². The zero-order valence-corrected chi connectivity index (χ0v) is 14.9. The van der Waals surface area contributed by atoms with Crippen LogP contribution in [0.15, 0.2) is 36.7 Å². The molecule has 0 radical (unpaired) electrons. The van der Waals surface area contributed by atoms with Crippen molar-refractivity contribution in [2.24, 2.45) is 0 Å². The first-order valence-electron chi connectivity index (χ1n) is 7.60. The van der Waals surface area contributed by atoms with Gasteiger partial charge in [-0.25, -0.2) is 9.97 Å². The van der Waals surface area contributed by atoms with Crippen molar-refractivity contribution in [2.75, 3.05) is 26.6 Å². The first-order valence-corrected chi connectivity index (χ1v) is 7.97. The van der Waals surface area contributed by atoms with Crippen molar-refractivity contribution in [3.05, 3.63) is 47.2 Å². The van der Waals surface area contributed by atoms with E-state index in [1.807, 2.05) is 30.3 Å². The van der Waals surface area contributed by atoms with Crippen molar-refractivity contribution < 1.29 is 14.2 Å². The van der Waals surface area contributed by atoms with Crippen molar-refractivity contribution >= 4 is 28.3 Å². The fraction of sp³-hybridized carbons (Fsp3) is 0.222. The van der Waals surface area contributed by atoms with E-state index in [1.165, 1.54) is 6.33 Å². The lowest BCUT2D eigenvalue weighted by Gasteiger charge is -2.16. The first kappa shape index (κ1) is 17.1. The van der Waals surface area contributed by atoms with E-state index in [2.05, 4.69) is 15.3 Å². The SMILES string of the molecule is COc1cc2c(NCc3cccc(Cl)c3)ncnc2c(OC)c1OC. The van der Waals surface area contributed by atoms with E-state index in [1.54, 1.807) is 21.3 Å². The van der Waals surface area contributed by atoms with Crippen LogP contribution >= 0.6 is 11.6 Å². The topological polar surface area (TPSA) is 65.5 Å². The Balaban J connectivity index is 2.04. The minimum absolute atomic E-state index is 0.497. The molecule has 0 bridgehead atoms. The number of halogens is 1. The van der Waals surface area contributed by atoms with Crippen LogP contribution in [0.4, 0.5) is 5.82 Å². The van der Waals surface area contributed by atoms with Crippen molar-refractivity contribution in [2.45, 2.75) is 6.54 Å². The predicted octanol–water partition coefficient (Wildman–Crippen LogP) is 3.92. The van der Waals surface area contributed by atoms with Gasteiger partial charge in [-0.3, -0.25) is 0 Å². The fourth-order valence-corrected chi connectivity index (χ4v) is 2.85. The molecule has 0 unspecified atom stereocenters. The summed E-state index contributed by atoms with van der Waals surface area (Å²) >= 11 is 6.03. The second-order valence-electron chi connectivity index (χ2n) is 5.25. The highest BCUT2D eigenvalue weighted by molar-refractivity contribution is 6.30. The van der Waals surface area contributed by atoms with Gasteiger partial charge in [0.25, 0.3) is 0 Å². The molecular weight excluding hydrogens is 342 g/mol. The van der Waals surface area contributed by atoms with Gasteiger partial charge in [0.15, 0.2) is 11.5 Å². The molecule has 3 aromatic rings. The number of aromatic nitrogens is 2. The molecule has 0 atom stereocenters. The van der Waals surface area contributed by atoms with E-state index in [0.29, 0.717) is 40.2 Å². The summed E-state index contributed by atoms with van der Waals surface area (Å²) in [6.45, 7) is 0.573. The van der Waals surface area contributed by atoms with Crippen LogP contribution in [-0.4, -0.2) is 31.3 Å². The molecule has 1 aromatic heterocycles. The second-order valence-corrected chi connectivity index (χ2v) is 5.68. The monoisotopic (exact) mass is 359 g/mol. The number of ether oxygens (including phenoxy) is 3. The molecule has 0 fully saturated rings. The number of hydrogen-bond acceptors (Lipinski definition) is 6. The summed E-state index contributed by atoms with van der Waals surface area (Å²) in [5.74, 6) is 2.22. The molecule has 0 saturated carbocycles. The molecule has 0 amide bonds. The maximum absolute atomic E-state index is 6.03. The third kappa shape index (κ3) is 3.39. The zero-order valence-electron chi connectivity index (χ0n) is 14.2. The van der Waals surface area contributed by atoms with Gasteiger partial charge in [0, 0.05) is 11.6 Å². The maximum atomic E-state index is 6.03. The molecule has 1 heterocycles. The Hall–Kier alpha value is -2.73. The van der Waals surface area contributed by atoms with Gasteiger partial charge in [0.2, 0.25) is 5.75 Å². The molecule has 0 saturated heterocycles. The number of methoxy groups -OCH3 is 3. The van der Waals surface area contributed by atoms with Crippen molar-refractivity contribution in [1.29, 1.82) is 0 Å². The largest absolute Gasteiger partial charge is 0.493 e. The Morgan fingerprint density at radius 2 is 1.80 bits per heavy atom. The van der Waals surface area contributed by atoms with Gasteiger partial charge in [-0.05, 0) is 23.8 Å². The van der Waals surface area contributed by atoms with E-state index in [4.69, 9.17) is 25.8 Å². The van der Waals surface area contributed by atoms with Gasteiger partial charge in [-0.1, -0.05) is 23.7 Å². The van der Waals surface area contributed by atoms with Gasteiger partial charge in [0.05, 0.1) is 26.7 Å². The molecule has 130 valence electrons. The highest BCUT2D eigenvalue weighted by Gasteiger charge is 2.19. The van der Waals surface area contributed by atoms with Crippen molar-refractivity contribution in [1.82, 2.24) is 9.97 Å². The van der Waals surface area contributed by atoms with Gasteiger partial charge >= 0.3 is 0 Å². The Kier molecular flexibility index (Phi) is 5.09. The number of fused-ring (bicyclic) bond motifs is 1. The smallest absolute Gasteiger partial charge is 0.205 e. The fourth-order valence-electron chi connectivity index (χ4n) is 2.64. The summed E-state index contributed by atoms with van der Waals surface area (Å²) in [6.07, 6.45) is 1.48. The third-order valence-corrected chi connectivity index (χ3v) is 4.02. The molecule has 7 heteroatoms. The number of benzene rings is 2. The van der Waals surface area contributed by atoms with Crippen LogP contribution in [0.25, 0.3) is 10.9 Å². The summed E-state index contributed by atoms with van der Waals surface area (Å²) in [5.41, 5.74) is 1.69. The summed E-state index contributed by atoms with van der Waals surface area (Å²) in [4.78, 5) is 8.68. The highest BCUT2D eigenvalue weighted by Crippen LogP contribution is 2.43. The van der Waals surface area contributed by atoms with Crippen LogP contribution < -0.4 is 19.5 Å². The molecule has 0 aliphatic heterocycles. The lowest BCUT2D eigenvalue weighted by atomic mass is 10.1. The molecular formula is C18H18ClN3O3. The quantitative estimate of drug-likeness (QED) is 0.719. The molecule has 0 spiro atoms. The Morgan fingerprint density at radius 3 is 2.48 bits per heavy atom. The third-order valence-electron chi connectivity index (χ3n) is 3.78. The molecule has 3 rings (SSSR count). The highest BCUT2D eigenvalue weighted by atomic mass is 35.5. The average molecular weight is 360 g/mol. The zero-order chi connectivity index (χ0) is 17.8. The van der Waals surface area contributed by atoms with Crippen molar-refractivity contribution in [3.8, 4) is 17.2 Å². The Labute approximate surface area is 150 Å². The van der Waals surface area contributed by atoms with Gasteiger partial charge in [-0.15, -0.1) is 0 Å². The summed E-state index contributed by atoms with van der Waals surface area (Å²) in [7, 11) is 4.70. The van der Waals surface area contributed by atoms with E-state index >= 15 is 0 Å². The van der Waals surface area contributed by atoms with Crippen LogP contribution in [0.5, 0.6) is 17.2 Å². The average Bonchev–Trinajstić information content (AvgIpc) is 2.64. The standard InChI is InChI=1S/C18H18ClN3O3/c1-23-14-8-13-15(17(25-3)16(14)24-2)21-10-22-18(13)20-9-11-5-4-6-12(19)7-11/h4-8,10H,9H2,1-3H3,(H,20,21,22). The lowest BCUT2D eigenvalue weighted by Crippen LogP contribution is -2.04. The van der Waals surface area contributed by atoms with Gasteiger partial charge < -0.3 is 19.5 Å². The molecule has 2 aromatic carbocycles. The lowest BCUT2D eigenvalue weighted by molar-refractivity contribution is 0.327. The van der Waals surface area contributed by atoms with Crippen LogP contribution in [0, 0.1) is 0 Å². The number of rotatable bonds is 6. The number of anilines is 1. The molecule has 25 heavy (non-hydrogen) atoms. The minimum Gasteiger partial charge on any atom is -0.493 e. The number of nitrogens with one attached hydrogen (secondary N) is 1. The van der Waals surface area contributed by atoms with Crippen LogP contribution in [0.2, 0.25) is 5.02 Å². The second kappa shape index (κ2) is 7.44. The van der Waals surface area contributed by atoms with Crippen LogP contribution in [0.3, 0.4) is 0 Å². The van der Waals surface area contributed by atoms with Gasteiger partial charge in [0.1, 0.15) is 17.7 Å². The summed E-state index contributed by atoms with van der Waals surface area (Å²) < 4.78 is 16.3. The van der Waals surface area contributed by atoms with Crippen LogP contribution in [0.1, 0.15) is 5.56 Å². The van der Waals surface area contributed by atoms with Gasteiger partial charge in [-0.2, -0.15) is 0 Å². The normalized spacial score (nSPS) is 10.6. The predicted molar refractivity (Wildman–Crippen MR) is 98.0 cm³/mol. The van der Waals surface area contributed by atoms with E-state index < -0.39 is 0 Å².